The summed E-state index contributed by atoms with van der Waals surface area (Å²) >= 11 is 0. The van der Waals surface area contributed by atoms with Crippen molar-refractivity contribution >= 4 is 29.2 Å². The molecule has 0 saturated carbocycles. The van der Waals surface area contributed by atoms with E-state index in [9.17, 15) is 14.4 Å². The van der Waals surface area contributed by atoms with Gasteiger partial charge < -0.3 is 24.4 Å². The van der Waals surface area contributed by atoms with E-state index >= 15 is 0 Å². The smallest absolute Gasteiger partial charge is 0.332 e. The summed E-state index contributed by atoms with van der Waals surface area (Å²) in [6.07, 6.45) is -0.201. The third-order valence-corrected chi connectivity index (χ3v) is 5.89. The number of rotatable bonds is 9. The number of amides is 4. The molecule has 0 radical (unpaired) electrons. The first kappa shape index (κ1) is 24.6. The molecular weight excluding hydrogens is 462 g/mol. The second kappa shape index (κ2) is 10.8. The van der Waals surface area contributed by atoms with Gasteiger partial charge in [0.1, 0.15) is 23.3 Å². The molecule has 9 nitrogen and oxygen atoms in total. The fraction of sp³-hybridized carbons (Fsp3) is 0.222. The molecule has 1 heterocycles. The zero-order valence-corrected chi connectivity index (χ0v) is 20.3. The Morgan fingerprint density at radius 2 is 1.44 bits per heavy atom. The van der Waals surface area contributed by atoms with Crippen molar-refractivity contribution in [3.63, 3.8) is 0 Å². The molecule has 186 valence electrons. The van der Waals surface area contributed by atoms with Gasteiger partial charge in [0, 0.05) is 18.3 Å². The minimum atomic E-state index is -0.982. The Labute approximate surface area is 209 Å². The SMILES string of the molecule is COc1ccc(CN2C(=O)N(c3cccc(OC)c3)C(=O)[C@@H]2CC(=O)Nc2ccc(OC)cc2)cc1. The van der Waals surface area contributed by atoms with Crippen molar-refractivity contribution in [1.82, 2.24) is 4.90 Å². The Bertz CT molecular complexity index is 1240. The molecule has 0 aromatic heterocycles. The summed E-state index contributed by atoms with van der Waals surface area (Å²) in [5.41, 5.74) is 1.73. The number of carbonyl (C=O) groups excluding carboxylic acids is 3. The van der Waals surface area contributed by atoms with Crippen molar-refractivity contribution in [3.05, 3.63) is 78.4 Å². The molecule has 1 aliphatic rings. The first-order valence-corrected chi connectivity index (χ1v) is 11.3. The summed E-state index contributed by atoms with van der Waals surface area (Å²) in [6, 6.07) is 19.3. The van der Waals surface area contributed by atoms with Crippen LogP contribution < -0.4 is 24.4 Å². The van der Waals surface area contributed by atoms with Crippen LogP contribution in [0.3, 0.4) is 0 Å². The molecule has 4 rings (SSSR count). The highest BCUT2D eigenvalue weighted by Gasteiger charge is 2.46. The zero-order valence-electron chi connectivity index (χ0n) is 20.3. The number of imide groups is 1. The summed E-state index contributed by atoms with van der Waals surface area (Å²) in [5, 5.41) is 2.79. The van der Waals surface area contributed by atoms with Crippen molar-refractivity contribution in [2.75, 3.05) is 31.5 Å². The minimum Gasteiger partial charge on any atom is -0.497 e. The number of nitrogens with zero attached hydrogens (tertiary/aromatic N) is 2. The van der Waals surface area contributed by atoms with E-state index in [1.807, 2.05) is 12.1 Å². The summed E-state index contributed by atoms with van der Waals surface area (Å²) < 4.78 is 15.6. The van der Waals surface area contributed by atoms with Gasteiger partial charge in [-0.3, -0.25) is 9.59 Å². The van der Waals surface area contributed by atoms with Gasteiger partial charge in [-0.2, -0.15) is 0 Å². The van der Waals surface area contributed by atoms with E-state index in [0.29, 0.717) is 28.6 Å². The Morgan fingerprint density at radius 3 is 2.06 bits per heavy atom. The molecule has 0 bridgehead atoms. The second-order valence-electron chi connectivity index (χ2n) is 8.13. The predicted octanol–water partition coefficient (Wildman–Crippen LogP) is 4.08. The molecule has 1 fully saturated rings. The van der Waals surface area contributed by atoms with Crippen LogP contribution in [0.25, 0.3) is 0 Å². The quantitative estimate of drug-likeness (QED) is 0.455. The van der Waals surface area contributed by atoms with E-state index in [-0.39, 0.29) is 13.0 Å². The van der Waals surface area contributed by atoms with Crippen molar-refractivity contribution in [2.24, 2.45) is 0 Å². The second-order valence-corrected chi connectivity index (χ2v) is 8.13. The third kappa shape index (κ3) is 5.25. The molecule has 1 atom stereocenters. The average Bonchev–Trinajstić information content (AvgIpc) is 3.13. The van der Waals surface area contributed by atoms with Gasteiger partial charge >= 0.3 is 6.03 Å². The first-order valence-electron chi connectivity index (χ1n) is 11.3. The molecule has 0 spiro atoms. The number of nitrogens with one attached hydrogen (secondary N) is 1. The fourth-order valence-corrected chi connectivity index (χ4v) is 3.99. The molecule has 3 aromatic carbocycles. The van der Waals surface area contributed by atoms with Crippen LogP contribution >= 0.6 is 0 Å². The lowest BCUT2D eigenvalue weighted by molar-refractivity contribution is -0.124. The van der Waals surface area contributed by atoms with Crippen molar-refractivity contribution in [2.45, 2.75) is 19.0 Å². The van der Waals surface area contributed by atoms with Gasteiger partial charge in [-0.15, -0.1) is 0 Å². The number of urea groups is 1. The van der Waals surface area contributed by atoms with E-state index in [0.717, 1.165) is 10.5 Å². The highest BCUT2D eigenvalue weighted by molar-refractivity contribution is 6.22. The normalized spacial score (nSPS) is 15.1. The van der Waals surface area contributed by atoms with Gasteiger partial charge in [-0.05, 0) is 54.1 Å². The topological polar surface area (TPSA) is 97.4 Å². The maximum atomic E-state index is 13.5. The van der Waals surface area contributed by atoms with Crippen LogP contribution in [0.5, 0.6) is 17.2 Å². The summed E-state index contributed by atoms with van der Waals surface area (Å²) in [6.45, 7) is 0.148. The molecule has 1 aliphatic heterocycles. The fourth-order valence-electron chi connectivity index (χ4n) is 3.99. The third-order valence-electron chi connectivity index (χ3n) is 5.89. The van der Waals surface area contributed by atoms with Crippen LogP contribution in [0.1, 0.15) is 12.0 Å². The van der Waals surface area contributed by atoms with Crippen molar-refractivity contribution in [3.8, 4) is 17.2 Å². The molecule has 36 heavy (non-hydrogen) atoms. The van der Waals surface area contributed by atoms with Crippen LogP contribution in [0.15, 0.2) is 72.8 Å². The number of carbonyl (C=O) groups is 3. The molecule has 0 aliphatic carbocycles. The Kier molecular flexibility index (Phi) is 7.39. The number of anilines is 2. The summed E-state index contributed by atoms with van der Waals surface area (Å²) in [4.78, 5) is 42.4. The van der Waals surface area contributed by atoms with E-state index in [1.54, 1.807) is 74.9 Å². The van der Waals surface area contributed by atoms with Crippen molar-refractivity contribution < 1.29 is 28.6 Å². The molecule has 1 saturated heterocycles. The maximum Gasteiger partial charge on any atom is 0.332 e. The number of hydrogen-bond acceptors (Lipinski definition) is 6. The summed E-state index contributed by atoms with van der Waals surface area (Å²) in [7, 11) is 4.64. The standard InChI is InChI=1S/C27H27N3O6/c1-34-21-11-7-18(8-12-21)17-29-24(16-25(31)28-19-9-13-22(35-2)14-10-19)26(32)30(27(29)33)20-5-4-6-23(15-20)36-3/h4-15,24H,16-17H2,1-3H3,(H,28,31)/t24-/m0/s1. The Hall–Kier alpha value is -4.53. The van der Waals surface area contributed by atoms with E-state index in [4.69, 9.17) is 14.2 Å². The number of benzene rings is 3. The highest BCUT2D eigenvalue weighted by atomic mass is 16.5. The molecule has 3 aromatic rings. The van der Waals surface area contributed by atoms with Crippen LogP contribution in [-0.2, 0) is 16.1 Å². The molecule has 4 amide bonds. The lowest BCUT2D eigenvalue weighted by atomic mass is 10.1. The first-order chi connectivity index (χ1) is 17.4. The van der Waals surface area contributed by atoms with Gasteiger partial charge in [0.05, 0.1) is 33.4 Å². The zero-order chi connectivity index (χ0) is 25.7. The van der Waals surface area contributed by atoms with E-state index in [2.05, 4.69) is 5.32 Å². The number of methoxy groups -OCH3 is 3. The van der Waals surface area contributed by atoms with Gasteiger partial charge in [0.2, 0.25) is 5.91 Å². The highest BCUT2D eigenvalue weighted by Crippen LogP contribution is 2.31. The molecule has 0 unspecified atom stereocenters. The van der Waals surface area contributed by atoms with E-state index in [1.165, 1.54) is 12.0 Å². The van der Waals surface area contributed by atoms with Crippen LogP contribution in [0.4, 0.5) is 16.2 Å². The van der Waals surface area contributed by atoms with E-state index < -0.39 is 23.9 Å². The lowest BCUT2D eigenvalue weighted by Crippen LogP contribution is -2.37. The number of ether oxygens (including phenoxy) is 3. The lowest BCUT2D eigenvalue weighted by Gasteiger charge is -2.22. The molecular formula is C27H27N3O6. The van der Waals surface area contributed by atoms with Gasteiger partial charge in [0.15, 0.2) is 0 Å². The summed E-state index contributed by atoms with van der Waals surface area (Å²) in [5.74, 6) is 0.973. The van der Waals surface area contributed by atoms with Crippen LogP contribution in [-0.4, -0.2) is 50.1 Å². The maximum absolute atomic E-state index is 13.5. The van der Waals surface area contributed by atoms with Crippen LogP contribution in [0.2, 0.25) is 0 Å². The molecule has 1 N–H and O–H groups in total. The van der Waals surface area contributed by atoms with Gasteiger partial charge in [-0.25, -0.2) is 9.69 Å². The van der Waals surface area contributed by atoms with Gasteiger partial charge in [0.25, 0.3) is 5.91 Å². The van der Waals surface area contributed by atoms with Gasteiger partial charge in [-0.1, -0.05) is 18.2 Å². The molecule has 9 heteroatoms. The van der Waals surface area contributed by atoms with Crippen molar-refractivity contribution in [1.29, 1.82) is 0 Å². The minimum absolute atomic E-state index is 0.148. The monoisotopic (exact) mass is 489 g/mol. The Morgan fingerprint density at radius 1 is 0.833 bits per heavy atom. The Balaban J connectivity index is 1.59. The largest absolute Gasteiger partial charge is 0.497 e. The number of hydrogen-bond donors (Lipinski definition) is 1. The predicted molar refractivity (Wildman–Crippen MR) is 134 cm³/mol. The van der Waals surface area contributed by atoms with Crippen LogP contribution in [0, 0.1) is 0 Å². The average molecular weight is 490 g/mol.